The second kappa shape index (κ2) is 7.54. The standard InChI is InChI=1S/C22H17N3O4S/c1-29-20-11-4-2-9-18(20)25-22(26)24(15-17-8-6-7-16(13-17)14-23)19-10-3-5-12-21(19)30(25,27)28/h2-13H,15H2,1H3. The number of nitrogens with zero attached hydrogens (tertiary/aromatic N) is 3. The van der Waals surface area contributed by atoms with E-state index in [2.05, 4.69) is 6.07 Å². The van der Waals surface area contributed by atoms with Gasteiger partial charge in [-0.2, -0.15) is 9.57 Å². The summed E-state index contributed by atoms with van der Waals surface area (Å²) in [4.78, 5) is 14.9. The van der Waals surface area contributed by atoms with Crippen LogP contribution in [-0.4, -0.2) is 21.6 Å². The summed E-state index contributed by atoms with van der Waals surface area (Å²) in [6.07, 6.45) is 0. The van der Waals surface area contributed by atoms with E-state index in [-0.39, 0.29) is 28.6 Å². The van der Waals surface area contributed by atoms with Crippen LogP contribution in [0.5, 0.6) is 5.75 Å². The molecule has 3 aromatic rings. The SMILES string of the molecule is COc1ccccc1N1C(=O)N(Cc2cccc(C#N)c2)c2ccccc2S1(=O)=O. The quantitative estimate of drug-likeness (QED) is 0.640. The Hall–Kier alpha value is -3.83. The highest BCUT2D eigenvalue weighted by Gasteiger charge is 2.43. The van der Waals surface area contributed by atoms with Crippen LogP contribution in [0.3, 0.4) is 0 Å². The van der Waals surface area contributed by atoms with Gasteiger partial charge in [-0.3, -0.25) is 4.90 Å². The number of anilines is 2. The van der Waals surface area contributed by atoms with E-state index < -0.39 is 16.1 Å². The molecule has 30 heavy (non-hydrogen) atoms. The summed E-state index contributed by atoms with van der Waals surface area (Å²) in [7, 11) is -2.73. The lowest BCUT2D eigenvalue weighted by atomic mass is 10.1. The van der Waals surface area contributed by atoms with Crippen molar-refractivity contribution in [2.75, 3.05) is 16.3 Å². The fourth-order valence-corrected chi connectivity index (χ4v) is 5.02. The van der Waals surface area contributed by atoms with E-state index in [0.29, 0.717) is 11.1 Å². The van der Waals surface area contributed by atoms with Gasteiger partial charge in [0.05, 0.1) is 31.0 Å². The molecule has 3 aromatic carbocycles. The second-order valence-electron chi connectivity index (χ2n) is 6.59. The topological polar surface area (TPSA) is 90.7 Å². The number of hydrogen-bond acceptors (Lipinski definition) is 5. The predicted molar refractivity (Wildman–Crippen MR) is 112 cm³/mol. The Labute approximate surface area is 174 Å². The molecule has 2 amide bonds. The summed E-state index contributed by atoms with van der Waals surface area (Å²) >= 11 is 0. The molecule has 4 rings (SSSR count). The molecule has 0 unspecified atom stereocenters. The second-order valence-corrected chi connectivity index (χ2v) is 8.35. The first-order chi connectivity index (χ1) is 14.5. The number of amides is 2. The predicted octanol–water partition coefficient (Wildman–Crippen LogP) is 3.90. The Bertz CT molecular complexity index is 1280. The van der Waals surface area contributed by atoms with Crippen LogP contribution >= 0.6 is 0 Å². The molecule has 7 nitrogen and oxygen atoms in total. The molecule has 1 aliphatic rings. The zero-order valence-electron chi connectivity index (χ0n) is 16.0. The number of para-hydroxylation sites is 3. The molecule has 1 aliphatic heterocycles. The minimum Gasteiger partial charge on any atom is -0.495 e. The highest BCUT2D eigenvalue weighted by molar-refractivity contribution is 7.94. The van der Waals surface area contributed by atoms with Gasteiger partial charge in [-0.05, 0) is 42.0 Å². The molecule has 0 spiro atoms. The number of rotatable bonds is 4. The number of fused-ring (bicyclic) bond motifs is 1. The largest absolute Gasteiger partial charge is 0.495 e. The number of urea groups is 1. The first-order valence-electron chi connectivity index (χ1n) is 9.05. The molecule has 0 bridgehead atoms. The van der Waals surface area contributed by atoms with E-state index in [0.717, 1.165) is 4.31 Å². The van der Waals surface area contributed by atoms with Crippen LogP contribution in [-0.2, 0) is 16.6 Å². The van der Waals surface area contributed by atoms with Crippen LogP contribution in [0.2, 0.25) is 0 Å². The van der Waals surface area contributed by atoms with Crippen LogP contribution in [0, 0.1) is 11.3 Å². The van der Waals surface area contributed by atoms with Gasteiger partial charge < -0.3 is 4.74 Å². The maximum Gasteiger partial charge on any atom is 0.343 e. The number of carbonyl (C=O) groups is 1. The number of methoxy groups -OCH3 is 1. The summed E-state index contributed by atoms with van der Waals surface area (Å²) in [5.74, 6) is 0.264. The summed E-state index contributed by atoms with van der Waals surface area (Å²) in [5.41, 5.74) is 1.59. The Kier molecular flexibility index (Phi) is 4.90. The smallest absolute Gasteiger partial charge is 0.343 e. The molecular weight excluding hydrogens is 402 g/mol. The van der Waals surface area contributed by atoms with Crippen LogP contribution < -0.4 is 13.9 Å². The molecule has 0 radical (unpaired) electrons. The molecule has 0 atom stereocenters. The number of carbonyl (C=O) groups excluding carboxylic acids is 1. The average molecular weight is 419 g/mol. The molecular formula is C22H17N3O4S. The van der Waals surface area contributed by atoms with Crippen LogP contribution in [0.25, 0.3) is 0 Å². The Morgan fingerprint density at radius 2 is 1.67 bits per heavy atom. The van der Waals surface area contributed by atoms with Gasteiger partial charge in [-0.15, -0.1) is 0 Å². The first kappa shape index (κ1) is 19.5. The Morgan fingerprint density at radius 1 is 0.967 bits per heavy atom. The van der Waals surface area contributed by atoms with Gasteiger partial charge in [0.2, 0.25) is 0 Å². The highest BCUT2D eigenvalue weighted by Crippen LogP contribution is 2.40. The number of nitriles is 1. The van der Waals surface area contributed by atoms with Gasteiger partial charge >= 0.3 is 6.03 Å². The average Bonchev–Trinajstić information content (AvgIpc) is 2.77. The maximum absolute atomic E-state index is 13.5. The molecule has 0 N–H and O–H groups in total. The zero-order valence-corrected chi connectivity index (χ0v) is 16.8. The third-order valence-corrected chi connectivity index (χ3v) is 6.51. The van der Waals surface area contributed by atoms with Crippen molar-refractivity contribution < 1.29 is 17.9 Å². The third kappa shape index (κ3) is 3.15. The van der Waals surface area contributed by atoms with Crippen LogP contribution in [0.4, 0.5) is 16.2 Å². The van der Waals surface area contributed by atoms with E-state index in [4.69, 9.17) is 10.00 Å². The van der Waals surface area contributed by atoms with Gasteiger partial charge in [-0.1, -0.05) is 36.4 Å². The van der Waals surface area contributed by atoms with E-state index in [1.54, 1.807) is 60.7 Å². The fraction of sp³-hybridized carbons (Fsp3) is 0.0909. The Balaban J connectivity index is 1.89. The summed E-state index contributed by atoms with van der Waals surface area (Å²) in [6.45, 7) is 0.104. The first-order valence-corrected chi connectivity index (χ1v) is 10.5. The number of sulfonamides is 1. The summed E-state index contributed by atoms with van der Waals surface area (Å²) < 4.78 is 32.8. The van der Waals surface area contributed by atoms with Crippen molar-refractivity contribution in [2.45, 2.75) is 11.4 Å². The molecule has 0 aliphatic carbocycles. The Morgan fingerprint density at radius 3 is 2.40 bits per heavy atom. The summed E-state index contributed by atoms with van der Waals surface area (Å²) in [6, 6.07) is 21.0. The number of ether oxygens (including phenoxy) is 1. The molecule has 0 saturated heterocycles. The van der Waals surface area contributed by atoms with Crippen molar-refractivity contribution >= 4 is 27.4 Å². The highest BCUT2D eigenvalue weighted by atomic mass is 32.2. The molecule has 150 valence electrons. The molecule has 0 fully saturated rings. The fourth-order valence-electron chi connectivity index (χ4n) is 3.42. The minimum atomic E-state index is -4.15. The van der Waals surface area contributed by atoms with E-state index >= 15 is 0 Å². The molecule has 1 heterocycles. The van der Waals surface area contributed by atoms with Crippen molar-refractivity contribution in [2.24, 2.45) is 0 Å². The molecule has 8 heteroatoms. The lowest BCUT2D eigenvalue weighted by Crippen LogP contribution is -2.50. The van der Waals surface area contributed by atoms with E-state index in [1.807, 2.05) is 0 Å². The zero-order chi connectivity index (χ0) is 21.3. The van der Waals surface area contributed by atoms with Gasteiger partial charge in [0.25, 0.3) is 10.0 Å². The van der Waals surface area contributed by atoms with Crippen molar-refractivity contribution in [3.05, 3.63) is 83.9 Å². The van der Waals surface area contributed by atoms with Crippen molar-refractivity contribution in [3.8, 4) is 11.8 Å². The monoisotopic (exact) mass is 419 g/mol. The summed E-state index contributed by atoms with van der Waals surface area (Å²) in [5, 5.41) is 9.16. The van der Waals surface area contributed by atoms with E-state index in [1.165, 1.54) is 24.1 Å². The lowest BCUT2D eigenvalue weighted by molar-refractivity contribution is 0.253. The normalized spacial score (nSPS) is 14.7. The lowest BCUT2D eigenvalue weighted by Gasteiger charge is -2.36. The number of benzene rings is 3. The van der Waals surface area contributed by atoms with Crippen LogP contribution in [0.1, 0.15) is 11.1 Å². The third-order valence-electron chi connectivity index (χ3n) is 4.78. The maximum atomic E-state index is 13.5. The molecule has 0 aromatic heterocycles. The van der Waals surface area contributed by atoms with Crippen LogP contribution in [0.15, 0.2) is 77.7 Å². The number of hydrogen-bond donors (Lipinski definition) is 0. The minimum absolute atomic E-state index is 0.0203. The van der Waals surface area contributed by atoms with Crippen molar-refractivity contribution in [1.82, 2.24) is 0 Å². The van der Waals surface area contributed by atoms with E-state index in [9.17, 15) is 13.2 Å². The van der Waals surface area contributed by atoms with Gasteiger partial charge in [-0.25, -0.2) is 13.2 Å². The van der Waals surface area contributed by atoms with Gasteiger partial charge in [0.15, 0.2) is 0 Å². The van der Waals surface area contributed by atoms with Gasteiger partial charge in [0, 0.05) is 0 Å². The van der Waals surface area contributed by atoms with Crippen molar-refractivity contribution in [3.63, 3.8) is 0 Å². The van der Waals surface area contributed by atoms with Crippen molar-refractivity contribution in [1.29, 1.82) is 5.26 Å². The molecule has 0 saturated carbocycles. The van der Waals surface area contributed by atoms with Gasteiger partial charge in [0.1, 0.15) is 16.3 Å².